The van der Waals surface area contributed by atoms with Crippen LogP contribution in [0.1, 0.15) is 28.9 Å². The van der Waals surface area contributed by atoms with Crippen molar-refractivity contribution in [3.63, 3.8) is 0 Å². The minimum Gasteiger partial charge on any atom is -0.497 e. The highest BCUT2D eigenvalue weighted by Gasteiger charge is 2.18. The lowest BCUT2D eigenvalue weighted by atomic mass is 10.1. The van der Waals surface area contributed by atoms with E-state index in [4.69, 9.17) is 14.6 Å². The van der Waals surface area contributed by atoms with Crippen molar-refractivity contribution in [2.45, 2.75) is 13.0 Å². The van der Waals surface area contributed by atoms with Gasteiger partial charge in [-0.2, -0.15) is 0 Å². The quantitative estimate of drug-likeness (QED) is 0.671. The van der Waals surface area contributed by atoms with Crippen molar-refractivity contribution in [1.29, 1.82) is 0 Å². The number of hydrogen-bond acceptors (Lipinski definition) is 5. The number of carbonyl (C=O) groups excluding carboxylic acids is 1. The van der Waals surface area contributed by atoms with Crippen molar-refractivity contribution in [1.82, 2.24) is 5.32 Å². The van der Waals surface area contributed by atoms with Crippen LogP contribution in [0.3, 0.4) is 0 Å². The molecule has 7 heteroatoms. The predicted octanol–water partition coefficient (Wildman–Crippen LogP) is 2.69. The molecule has 0 radical (unpaired) electrons. The summed E-state index contributed by atoms with van der Waals surface area (Å²) >= 11 is 0. The number of aliphatic carboxylic acids is 1. The molecule has 0 aliphatic heterocycles. The van der Waals surface area contributed by atoms with Crippen molar-refractivity contribution in [3.05, 3.63) is 53.6 Å². The second-order valence-corrected chi connectivity index (χ2v) is 5.60. The Morgan fingerprint density at radius 1 is 1.12 bits per heavy atom. The van der Waals surface area contributed by atoms with Gasteiger partial charge in [0.05, 0.1) is 25.8 Å². The molecule has 26 heavy (non-hydrogen) atoms. The molecule has 0 spiro atoms. The van der Waals surface area contributed by atoms with Crippen LogP contribution in [0.15, 0.2) is 42.5 Å². The third kappa shape index (κ3) is 4.66. The fourth-order valence-electron chi connectivity index (χ4n) is 2.54. The number of anilines is 1. The number of nitrogens with one attached hydrogen (secondary N) is 2. The highest BCUT2D eigenvalue weighted by Crippen LogP contribution is 2.29. The Morgan fingerprint density at radius 3 is 2.50 bits per heavy atom. The van der Waals surface area contributed by atoms with E-state index in [1.54, 1.807) is 56.7 Å². The van der Waals surface area contributed by atoms with Crippen molar-refractivity contribution in [2.24, 2.45) is 0 Å². The first-order chi connectivity index (χ1) is 12.5. The molecule has 0 heterocycles. The first kappa shape index (κ1) is 19.1. The average Bonchev–Trinajstić information content (AvgIpc) is 2.65. The molecule has 0 saturated heterocycles. The summed E-state index contributed by atoms with van der Waals surface area (Å²) < 4.78 is 10.6. The summed E-state index contributed by atoms with van der Waals surface area (Å²) in [5.74, 6) is -0.0353. The standard InChI is InChI=1S/C19H22N2O5/c1-12(15-10-13(25-2)8-9-17(15)26-3)21-19(24)14-6-4-5-7-16(14)20-11-18(22)23/h4-10,12,20H,11H2,1-3H3,(H,21,24)(H,22,23)/t12-/m0/s1. The summed E-state index contributed by atoms with van der Waals surface area (Å²) in [6, 6.07) is 11.8. The van der Waals surface area contributed by atoms with Gasteiger partial charge in [-0.15, -0.1) is 0 Å². The van der Waals surface area contributed by atoms with Crippen LogP contribution in [0.2, 0.25) is 0 Å². The molecule has 1 atom stereocenters. The van der Waals surface area contributed by atoms with Gasteiger partial charge in [-0.3, -0.25) is 9.59 Å². The summed E-state index contributed by atoms with van der Waals surface area (Å²) in [5, 5.41) is 14.5. The van der Waals surface area contributed by atoms with Crippen molar-refractivity contribution >= 4 is 17.6 Å². The molecule has 0 aliphatic rings. The molecule has 7 nitrogen and oxygen atoms in total. The maximum Gasteiger partial charge on any atom is 0.322 e. The third-order valence-electron chi connectivity index (χ3n) is 3.85. The monoisotopic (exact) mass is 358 g/mol. The maximum atomic E-state index is 12.7. The van der Waals surface area contributed by atoms with E-state index in [1.807, 2.05) is 6.92 Å². The zero-order chi connectivity index (χ0) is 19.1. The van der Waals surface area contributed by atoms with Gasteiger partial charge in [-0.05, 0) is 37.3 Å². The minimum absolute atomic E-state index is 0.274. The molecule has 138 valence electrons. The zero-order valence-electron chi connectivity index (χ0n) is 14.9. The van der Waals surface area contributed by atoms with Crippen LogP contribution in [-0.2, 0) is 4.79 Å². The number of hydrogen-bond donors (Lipinski definition) is 3. The smallest absolute Gasteiger partial charge is 0.322 e. The Balaban J connectivity index is 2.21. The molecule has 2 aromatic carbocycles. The average molecular weight is 358 g/mol. The fraction of sp³-hybridized carbons (Fsp3) is 0.263. The number of para-hydroxylation sites is 1. The zero-order valence-corrected chi connectivity index (χ0v) is 14.9. The van der Waals surface area contributed by atoms with E-state index in [-0.39, 0.29) is 18.5 Å². The SMILES string of the molecule is COc1ccc(OC)c([C@H](C)NC(=O)c2ccccc2NCC(=O)O)c1. The molecule has 0 aromatic heterocycles. The molecule has 0 unspecified atom stereocenters. The molecule has 1 amide bonds. The molecular formula is C19H22N2O5. The Morgan fingerprint density at radius 2 is 1.85 bits per heavy atom. The molecule has 2 rings (SSSR count). The molecule has 0 saturated carbocycles. The van der Waals surface area contributed by atoms with Crippen LogP contribution in [0, 0.1) is 0 Å². The van der Waals surface area contributed by atoms with Crippen molar-refractivity contribution in [3.8, 4) is 11.5 Å². The van der Waals surface area contributed by atoms with Gasteiger partial charge >= 0.3 is 5.97 Å². The minimum atomic E-state index is -1.00. The maximum absolute atomic E-state index is 12.7. The Bertz CT molecular complexity index is 791. The largest absolute Gasteiger partial charge is 0.497 e. The number of rotatable bonds is 8. The molecule has 3 N–H and O–H groups in total. The number of amides is 1. The van der Waals surface area contributed by atoms with E-state index in [2.05, 4.69) is 10.6 Å². The highest BCUT2D eigenvalue weighted by atomic mass is 16.5. The van der Waals surface area contributed by atoms with Gasteiger partial charge in [-0.25, -0.2) is 0 Å². The van der Waals surface area contributed by atoms with E-state index in [0.29, 0.717) is 22.7 Å². The molecular weight excluding hydrogens is 336 g/mol. The number of carboxylic acids is 1. The van der Waals surface area contributed by atoms with Crippen LogP contribution in [0.25, 0.3) is 0 Å². The second-order valence-electron chi connectivity index (χ2n) is 5.60. The van der Waals surface area contributed by atoms with Crippen LogP contribution < -0.4 is 20.1 Å². The van der Waals surface area contributed by atoms with Gasteiger partial charge in [0.25, 0.3) is 5.91 Å². The summed E-state index contributed by atoms with van der Waals surface area (Å²) in [6.45, 7) is 1.56. The number of ether oxygens (including phenoxy) is 2. The van der Waals surface area contributed by atoms with E-state index in [0.717, 1.165) is 5.56 Å². The van der Waals surface area contributed by atoms with Gasteiger partial charge in [0.15, 0.2) is 0 Å². The van der Waals surface area contributed by atoms with Crippen LogP contribution >= 0.6 is 0 Å². The van der Waals surface area contributed by atoms with Crippen LogP contribution in [-0.4, -0.2) is 37.7 Å². The molecule has 2 aromatic rings. The fourth-order valence-corrected chi connectivity index (χ4v) is 2.54. The van der Waals surface area contributed by atoms with Crippen LogP contribution in [0.5, 0.6) is 11.5 Å². The first-order valence-electron chi connectivity index (χ1n) is 8.03. The van der Waals surface area contributed by atoms with E-state index in [9.17, 15) is 9.59 Å². The molecule has 0 fully saturated rings. The van der Waals surface area contributed by atoms with E-state index in [1.165, 1.54) is 0 Å². The van der Waals surface area contributed by atoms with Gasteiger partial charge in [0.1, 0.15) is 18.0 Å². The third-order valence-corrected chi connectivity index (χ3v) is 3.85. The normalized spacial score (nSPS) is 11.3. The Kier molecular flexibility index (Phi) is 6.43. The Labute approximate surface area is 151 Å². The lowest BCUT2D eigenvalue weighted by molar-refractivity contribution is -0.134. The Hall–Kier alpha value is -3.22. The van der Waals surface area contributed by atoms with Gasteiger partial charge in [0.2, 0.25) is 0 Å². The lowest BCUT2D eigenvalue weighted by Crippen LogP contribution is -2.28. The number of methoxy groups -OCH3 is 2. The summed E-state index contributed by atoms with van der Waals surface area (Å²) in [5.41, 5.74) is 1.59. The van der Waals surface area contributed by atoms with Crippen molar-refractivity contribution in [2.75, 3.05) is 26.1 Å². The highest BCUT2D eigenvalue weighted by molar-refractivity contribution is 6.00. The predicted molar refractivity (Wildman–Crippen MR) is 98.0 cm³/mol. The van der Waals surface area contributed by atoms with Crippen LogP contribution in [0.4, 0.5) is 5.69 Å². The van der Waals surface area contributed by atoms with Crippen molar-refractivity contribution < 1.29 is 24.2 Å². The first-order valence-corrected chi connectivity index (χ1v) is 8.03. The number of benzene rings is 2. The number of carboxylic acid groups (broad SMARTS) is 1. The van der Waals surface area contributed by atoms with Gasteiger partial charge in [-0.1, -0.05) is 12.1 Å². The second kappa shape index (κ2) is 8.75. The summed E-state index contributed by atoms with van der Waals surface area (Å²) in [6.07, 6.45) is 0. The van der Waals surface area contributed by atoms with Gasteiger partial charge < -0.3 is 25.2 Å². The lowest BCUT2D eigenvalue weighted by Gasteiger charge is -2.19. The molecule has 0 aliphatic carbocycles. The summed E-state index contributed by atoms with van der Waals surface area (Å²) in [4.78, 5) is 23.4. The molecule has 0 bridgehead atoms. The van der Waals surface area contributed by atoms with Gasteiger partial charge in [0, 0.05) is 11.3 Å². The van der Waals surface area contributed by atoms with E-state index < -0.39 is 5.97 Å². The number of carbonyl (C=O) groups is 2. The summed E-state index contributed by atoms with van der Waals surface area (Å²) in [7, 11) is 3.13. The topological polar surface area (TPSA) is 96.9 Å². The van der Waals surface area contributed by atoms with E-state index >= 15 is 0 Å².